The highest BCUT2D eigenvalue weighted by molar-refractivity contribution is 7.82. The number of rotatable bonds is 16. The molecule has 0 saturated heterocycles. The van der Waals surface area contributed by atoms with Crippen LogP contribution in [-0.2, 0) is 0 Å². The number of benzene rings is 1. The van der Waals surface area contributed by atoms with E-state index in [0.29, 0.717) is 23.1 Å². The summed E-state index contributed by atoms with van der Waals surface area (Å²) in [4.78, 5) is 17.2. The largest absolute Gasteiger partial charge is 0.494 e. The van der Waals surface area contributed by atoms with Gasteiger partial charge in [0.1, 0.15) is 5.75 Å². The van der Waals surface area contributed by atoms with E-state index < -0.39 is 5.97 Å². The van der Waals surface area contributed by atoms with E-state index in [9.17, 15) is 15.0 Å². The molecule has 1 aromatic carbocycles. The van der Waals surface area contributed by atoms with Crippen LogP contribution in [0.5, 0.6) is 17.5 Å². The molecule has 36 heavy (non-hydrogen) atoms. The van der Waals surface area contributed by atoms with E-state index in [1.54, 1.807) is 24.3 Å². The van der Waals surface area contributed by atoms with Crippen molar-refractivity contribution in [3.63, 3.8) is 0 Å². The highest BCUT2D eigenvalue weighted by atomic mass is 32.1. The Balaban J connectivity index is 1.70. The molecule has 2 rings (SSSR count). The maximum Gasteiger partial charge on any atom is 0.363 e. The topological polar surface area (TPSA) is 105 Å². The minimum Gasteiger partial charge on any atom is -0.494 e. The number of thiol groups is 2. The molecule has 1 unspecified atom stereocenters. The van der Waals surface area contributed by atoms with Gasteiger partial charge in [-0.05, 0) is 64.8 Å². The summed E-state index contributed by atoms with van der Waals surface area (Å²) in [6, 6.07) is 9.36. The van der Waals surface area contributed by atoms with E-state index in [2.05, 4.69) is 63.6 Å². The summed E-state index contributed by atoms with van der Waals surface area (Å²) in [5.74, 6) is -0.787. The normalized spacial score (nSPS) is 12.9. The second-order valence-corrected chi connectivity index (χ2v) is 12.7. The zero-order chi connectivity index (χ0) is 26.8. The average molecular weight is 540 g/mol. The lowest BCUT2D eigenvalue weighted by atomic mass is 10.1. The Labute approximate surface area is 225 Å². The Morgan fingerprint density at radius 3 is 2.14 bits per heavy atom. The summed E-state index contributed by atoms with van der Waals surface area (Å²) in [7, 11) is 0. The minimum atomic E-state index is -0.708. The monoisotopic (exact) mass is 539 g/mol. The molecule has 0 spiro atoms. The van der Waals surface area contributed by atoms with Gasteiger partial charge in [0.15, 0.2) is 0 Å². The third kappa shape index (κ3) is 11.8. The van der Waals surface area contributed by atoms with Crippen LogP contribution in [-0.4, -0.2) is 62.7 Å². The molecule has 0 aliphatic carbocycles. The van der Waals surface area contributed by atoms with Gasteiger partial charge in [0.2, 0.25) is 11.8 Å². The fraction of sp³-hybridized carbons (Fsp3) is 0.577. The van der Waals surface area contributed by atoms with Gasteiger partial charge in [-0.2, -0.15) is 25.3 Å². The van der Waals surface area contributed by atoms with E-state index in [-0.39, 0.29) is 26.8 Å². The van der Waals surface area contributed by atoms with Crippen LogP contribution >= 0.6 is 25.3 Å². The summed E-state index contributed by atoms with van der Waals surface area (Å²) < 4.78 is 6.35. The van der Waals surface area contributed by atoms with Crippen LogP contribution in [0.2, 0.25) is 0 Å². The van der Waals surface area contributed by atoms with Gasteiger partial charge in [-0.1, -0.05) is 12.8 Å². The molecule has 8 nitrogen and oxygen atoms in total. The number of carbonyl (C=O) groups is 1. The minimum absolute atomic E-state index is 0.0439. The number of nitrogens with zero attached hydrogens (tertiary/aromatic N) is 1. The van der Waals surface area contributed by atoms with Gasteiger partial charge < -0.3 is 30.4 Å². The lowest BCUT2D eigenvalue weighted by Crippen LogP contribution is -2.45. The van der Waals surface area contributed by atoms with Gasteiger partial charge in [0.05, 0.1) is 12.2 Å². The molecule has 0 aliphatic heterocycles. The first-order valence-corrected chi connectivity index (χ1v) is 13.2. The van der Waals surface area contributed by atoms with E-state index >= 15 is 0 Å². The molecule has 0 amide bonds. The molecule has 0 fully saturated rings. The lowest BCUT2D eigenvalue weighted by molar-refractivity contribution is 0.0381. The number of aromatic hydroxyl groups is 2. The number of carbonyl (C=O) groups excluding carboxylic acids is 1. The van der Waals surface area contributed by atoms with E-state index in [4.69, 9.17) is 9.57 Å². The molecule has 0 radical (unpaired) electrons. The van der Waals surface area contributed by atoms with Crippen LogP contribution in [0, 0.1) is 0 Å². The predicted molar refractivity (Wildman–Crippen MR) is 150 cm³/mol. The van der Waals surface area contributed by atoms with Crippen molar-refractivity contribution in [1.82, 2.24) is 15.4 Å². The number of hydrogen-bond acceptors (Lipinski definition) is 9. The molecular formula is C26H41N3O5S2. The van der Waals surface area contributed by atoms with Crippen LogP contribution in [0.25, 0.3) is 0 Å². The maximum absolute atomic E-state index is 12.2. The van der Waals surface area contributed by atoms with Crippen LogP contribution < -0.4 is 20.2 Å². The quantitative estimate of drug-likeness (QED) is 0.141. The summed E-state index contributed by atoms with van der Waals surface area (Å²) in [5, 5.41) is 26.3. The summed E-state index contributed by atoms with van der Waals surface area (Å²) in [6.45, 7) is 11.6. The van der Waals surface area contributed by atoms with Crippen LogP contribution in [0.1, 0.15) is 63.7 Å². The van der Waals surface area contributed by atoms with E-state index in [0.717, 1.165) is 45.3 Å². The summed E-state index contributed by atoms with van der Waals surface area (Å²) in [6.07, 6.45) is 4.13. The molecule has 0 saturated carbocycles. The van der Waals surface area contributed by atoms with Gasteiger partial charge in [-0.25, -0.2) is 4.79 Å². The molecule has 1 aromatic heterocycles. The first-order chi connectivity index (χ1) is 16.8. The fourth-order valence-corrected chi connectivity index (χ4v) is 3.60. The number of ether oxygens (including phenoxy) is 1. The third-order valence-corrected chi connectivity index (χ3v) is 5.62. The van der Waals surface area contributed by atoms with Crippen molar-refractivity contribution < 1.29 is 24.6 Å². The van der Waals surface area contributed by atoms with E-state index in [1.165, 1.54) is 12.1 Å². The van der Waals surface area contributed by atoms with Gasteiger partial charge in [-0.3, -0.25) is 0 Å². The first-order valence-electron chi connectivity index (χ1n) is 12.3. The molecule has 2 aromatic rings. The van der Waals surface area contributed by atoms with Crippen LogP contribution in [0.3, 0.4) is 0 Å². The van der Waals surface area contributed by atoms with Gasteiger partial charge in [0, 0.05) is 47.3 Å². The van der Waals surface area contributed by atoms with E-state index in [1.807, 2.05) is 0 Å². The number of unbranched alkanes of at least 4 members (excludes halogenated alkanes) is 2. The zero-order valence-corrected chi connectivity index (χ0v) is 23.4. The van der Waals surface area contributed by atoms with Crippen LogP contribution in [0.15, 0.2) is 36.4 Å². The van der Waals surface area contributed by atoms with Crippen molar-refractivity contribution in [1.29, 1.82) is 0 Å². The van der Waals surface area contributed by atoms with Gasteiger partial charge >= 0.3 is 5.97 Å². The second-order valence-electron chi connectivity index (χ2n) is 10.3. The highest BCUT2D eigenvalue weighted by Gasteiger charge is 2.17. The Hall–Kier alpha value is -2.01. The van der Waals surface area contributed by atoms with Crippen molar-refractivity contribution in [2.45, 2.75) is 68.9 Å². The number of aromatic nitrogens is 1. The first kappa shape index (κ1) is 30.2. The standard InChI is InChI=1S/C26H41N3O5S2/c1-25(2,35)17-27-16-20(28-18-26(3,4)36)8-6-5-7-15-33-21-11-9-19(10-12-21)24(32)34-29-22(30)13-14-23(29)31/h9-14,20,27-28,30-31,35-36H,5-8,15-18H2,1-4H3. The number of nitrogens with one attached hydrogen (secondary N) is 2. The predicted octanol–water partition coefficient (Wildman–Crippen LogP) is 4.07. The maximum atomic E-state index is 12.2. The SMILES string of the molecule is CC(C)(S)CNCC(CCCCCOc1ccc(C(=O)On2c(O)ccc2O)cc1)NCC(C)(C)S. The van der Waals surface area contributed by atoms with Crippen molar-refractivity contribution >= 4 is 31.2 Å². The fourth-order valence-electron chi connectivity index (χ4n) is 3.40. The van der Waals surface area contributed by atoms with Crippen molar-refractivity contribution in [3.8, 4) is 17.5 Å². The average Bonchev–Trinajstić information content (AvgIpc) is 3.10. The third-order valence-electron chi connectivity index (χ3n) is 5.30. The molecule has 1 heterocycles. The lowest BCUT2D eigenvalue weighted by Gasteiger charge is -2.26. The molecule has 1 atom stereocenters. The van der Waals surface area contributed by atoms with Crippen LogP contribution in [0.4, 0.5) is 0 Å². The highest BCUT2D eigenvalue weighted by Crippen LogP contribution is 2.20. The Morgan fingerprint density at radius 1 is 0.944 bits per heavy atom. The van der Waals surface area contributed by atoms with Crippen molar-refractivity contribution in [3.05, 3.63) is 42.0 Å². The van der Waals surface area contributed by atoms with Gasteiger partial charge in [-0.15, -0.1) is 4.73 Å². The zero-order valence-electron chi connectivity index (χ0n) is 21.7. The number of hydrogen-bond donors (Lipinski definition) is 6. The molecule has 10 heteroatoms. The molecule has 0 bridgehead atoms. The smallest absolute Gasteiger partial charge is 0.363 e. The Bertz CT molecular complexity index is 917. The second kappa shape index (κ2) is 14.1. The molecule has 0 aliphatic rings. The Morgan fingerprint density at radius 2 is 1.56 bits per heavy atom. The summed E-state index contributed by atoms with van der Waals surface area (Å²) in [5.41, 5.74) is 0.271. The van der Waals surface area contributed by atoms with Gasteiger partial charge in [0.25, 0.3) is 0 Å². The molecule has 202 valence electrons. The summed E-state index contributed by atoms with van der Waals surface area (Å²) >= 11 is 9.21. The van der Waals surface area contributed by atoms with Crippen molar-refractivity contribution in [2.24, 2.45) is 0 Å². The Kier molecular flexibility index (Phi) is 11.8. The molecule has 4 N–H and O–H groups in total. The van der Waals surface area contributed by atoms with Crippen molar-refractivity contribution in [2.75, 3.05) is 26.2 Å². The molecular weight excluding hydrogens is 498 g/mol.